The van der Waals surface area contributed by atoms with E-state index in [0.717, 1.165) is 11.2 Å². The summed E-state index contributed by atoms with van der Waals surface area (Å²) in [7, 11) is -1.70. The summed E-state index contributed by atoms with van der Waals surface area (Å²) in [4.78, 5) is 0. The molecule has 0 aromatic heterocycles. The van der Waals surface area contributed by atoms with E-state index in [2.05, 4.69) is 33.9 Å². The van der Waals surface area contributed by atoms with Crippen LogP contribution in [-0.4, -0.2) is 31.9 Å². The van der Waals surface area contributed by atoms with Crippen LogP contribution in [0, 0.1) is 5.21 Å². The molecule has 4 heteroatoms. The third kappa shape index (κ3) is 2.57. The van der Waals surface area contributed by atoms with Crippen LogP contribution in [0.5, 0.6) is 0 Å². The quantitative estimate of drug-likeness (QED) is 0.403. The topological polar surface area (TPSA) is 35.3 Å². The van der Waals surface area contributed by atoms with E-state index in [1.165, 1.54) is 0 Å². The summed E-state index contributed by atoms with van der Waals surface area (Å²) in [6.45, 7) is 11.7. The smallest absolute Gasteiger partial charge is 0.193 e. The zero-order valence-corrected chi connectivity index (χ0v) is 10.8. The van der Waals surface area contributed by atoms with Gasteiger partial charge in [-0.2, -0.15) is 0 Å². The molecule has 0 aromatic rings. The van der Waals surface area contributed by atoms with Crippen LogP contribution in [0.4, 0.5) is 0 Å². The van der Waals surface area contributed by atoms with E-state index < -0.39 is 8.32 Å². The zero-order chi connectivity index (χ0) is 11.0. The number of hydrogen-bond donors (Lipinski definition) is 0. The Morgan fingerprint density at radius 1 is 1.43 bits per heavy atom. The van der Waals surface area contributed by atoms with Crippen LogP contribution in [0.3, 0.4) is 0 Å². The van der Waals surface area contributed by atoms with Crippen LogP contribution in [-0.2, 0) is 4.43 Å². The van der Waals surface area contributed by atoms with Crippen LogP contribution < -0.4 is 0 Å². The second-order valence-corrected chi connectivity index (χ2v) is 10.3. The maximum Gasteiger partial charge on any atom is 0.193 e. The minimum Gasteiger partial charge on any atom is -0.624 e. The van der Waals surface area contributed by atoms with Gasteiger partial charge >= 0.3 is 0 Å². The van der Waals surface area contributed by atoms with Crippen molar-refractivity contribution in [1.29, 1.82) is 0 Å². The van der Waals surface area contributed by atoms with Crippen molar-refractivity contribution in [2.45, 2.75) is 51.4 Å². The predicted molar refractivity (Wildman–Crippen MR) is 61.2 cm³/mol. The molecule has 14 heavy (non-hydrogen) atoms. The lowest BCUT2D eigenvalue weighted by atomic mass is 10.2. The van der Waals surface area contributed by atoms with Crippen molar-refractivity contribution in [2.75, 3.05) is 6.54 Å². The van der Waals surface area contributed by atoms with Gasteiger partial charge in [0.2, 0.25) is 0 Å². The van der Waals surface area contributed by atoms with Crippen molar-refractivity contribution in [3.63, 3.8) is 0 Å². The molecule has 0 spiro atoms. The van der Waals surface area contributed by atoms with Gasteiger partial charge in [0.05, 0.1) is 0 Å². The van der Waals surface area contributed by atoms with Crippen LogP contribution in [0.15, 0.2) is 0 Å². The van der Waals surface area contributed by atoms with Gasteiger partial charge < -0.3 is 9.63 Å². The van der Waals surface area contributed by atoms with Gasteiger partial charge in [-0.05, 0) is 18.1 Å². The molecule has 1 rings (SSSR count). The van der Waals surface area contributed by atoms with Crippen LogP contribution in [0.1, 0.15) is 27.2 Å². The van der Waals surface area contributed by atoms with Crippen molar-refractivity contribution < 1.29 is 9.16 Å². The highest BCUT2D eigenvalue weighted by molar-refractivity contribution is 6.74. The normalized spacial score (nSPS) is 23.8. The lowest BCUT2D eigenvalue weighted by Gasteiger charge is -2.37. The number of hydroxylamine groups is 1. The van der Waals surface area contributed by atoms with Gasteiger partial charge in [-0.25, -0.2) is 4.74 Å². The lowest BCUT2D eigenvalue weighted by molar-refractivity contribution is -0.443. The fraction of sp³-hybridized carbons (Fsp3) is 0.900. The van der Waals surface area contributed by atoms with Crippen LogP contribution in [0.25, 0.3) is 0 Å². The fourth-order valence-electron chi connectivity index (χ4n) is 1.23. The second-order valence-electron chi connectivity index (χ2n) is 5.50. The summed E-state index contributed by atoms with van der Waals surface area (Å²) >= 11 is 0. The summed E-state index contributed by atoms with van der Waals surface area (Å²) in [5, 5.41) is 11.2. The molecule has 1 atom stereocenters. The van der Waals surface area contributed by atoms with Crippen molar-refractivity contribution >= 4 is 14.5 Å². The highest BCUT2D eigenvalue weighted by atomic mass is 28.4. The highest BCUT2D eigenvalue weighted by Gasteiger charge is 2.40. The highest BCUT2D eigenvalue weighted by Crippen LogP contribution is 2.37. The average molecular weight is 215 g/mol. The molecule has 1 heterocycles. The molecule has 0 N–H and O–H groups in total. The Kier molecular flexibility index (Phi) is 3.06. The van der Waals surface area contributed by atoms with Crippen LogP contribution >= 0.6 is 0 Å². The molecule has 0 amide bonds. The Morgan fingerprint density at radius 3 is 2.36 bits per heavy atom. The molecule has 0 aliphatic carbocycles. The molecule has 0 saturated carbocycles. The van der Waals surface area contributed by atoms with E-state index in [4.69, 9.17) is 4.43 Å². The minimum absolute atomic E-state index is 0.0494. The second kappa shape index (κ2) is 3.66. The molecular formula is C10H21NO2Si. The van der Waals surface area contributed by atoms with E-state index in [-0.39, 0.29) is 11.1 Å². The molecule has 0 saturated heterocycles. The standard InChI is InChI=1S/C10H21NO2Si/c1-10(2,3)14(4,5)13-9-6-7-11(12)8-9/h8-9H,6-7H2,1-5H3/t9-/m0/s1. The molecule has 1 aliphatic heterocycles. The average Bonchev–Trinajstić information content (AvgIpc) is 2.31. The van der Waals surface area contributed by atoms with Gasteiger partial charge in [-0.1, -0.05) is 20.8 Å². The van der Waals surface area contributed by atoms with Crippen molar-refractivity contribution in [2.24, 2.45) is 0 Å². The van der Waals surface area contributed by atoms with Gasteiger partial charge in [0.25, 0.3) is 0 Å². The SMILES string of the molecule is CC(C)(C)[Si](C)(C)O[C@@H]1C=[N+]([O-])CC1. The summed E-state index contributed by atoms with van der Waals surface area (Å²) in [5.41, 5.74) is 0. The van der Waals surface area contributed by atoms with E-state index in [9.17, 15) is 5.21 Å². The van der Waals surface area contributed by atoms with Crippen molar-refractivity contribution in [3.05, 3.63) is 5.21 Å². The Hall–Kier alpha value is -0.353. The molecule has 0 unspecified atom stereocenters. The van der Waals surface area contributed by atoms with Gasteiger partial charge in [-0.15, -0.1) is 0 Å². The monoisotopic (exact) mass is 215 g/mol. The first-order valence-electron chi connectivity index (χ1n) is 5.19. The predicted octanol–water partition coefficient (Wildman–Crippen LogP) is 2.36. The molecule has 3 nitrogen and oxygen atoms in total. The van der Waals surface area contributed by atoms with Crippen LogP contribution in [0.2, 0.25) is 18.1 Å². The maximum absolute atomic E-state index is 11.0. The van der Waals surface area contributed by atoms with E-state index in [1.807, 2.05) is 0 Å². The number of rotatable bonds is 2. The Balaban J connectivity index is 2.60. The number of nitrogens with zero attached hydrogens (tertiary/aromatic N) is 1. The van der Waals surface area contributed by atoms with E-state index in [1.54, 1.807) is 6.21 Å². The third-order valence-electron chi connectivity index (χ3n) is 3.22. The van der Waals surface area contributed by atoms with Gasteiger partial charge in [-0.3, -0.25) is 0 Å². The first kappa shape index (κ1) is 11.7. The fourth-order valence-corrected chi connectivity index (χ4v) is 2.52. The van der Waals surface area contributed by atoms with Crippen molar-refractivity contribution in [3.8, 4) is 0 Å². The molecule has 82 valence electrons. The van der Waals surface area contributed by atoms with E-state index in [0.29, 0.717) is 6.54 Å². The van der Waals surface area contributed by atoms with Gasteiger partial charge in [0.1, 0.15) is 6.10 Å². The first-order valence-corrected chi connectivity index (χ1v) is 8.10. The maximum atomic E-state index is 11.0. The van der Waals surface area contributed by atoms with Crippen molar-refractivity contribution in [1.82, 2.24) is 0 Å². The number of hydrogen-bond acceptors (Lipinski definition) is 2. The molecule has 0 bridgehead atoms. The Labute approximate surface area is 87.5 Å². The first-order chi connectivity index (χ1) is 6.22. The molecule has 0 fully saturated rings. The van der Waals surface area contributed by atoms with Gasteiger partial charge in [0.15, 0.2) is 21.1 Å². The minimum atomic E-state index is -1.70. The Morgan fingerprint density at radius 2 is 2.00 bits per heavy atom. The summed E-state index contributed by atoms with van der Waals surface area (Å²) in [6.07, 6.45) is 2.56. The largest absolute Gasteiger partial charge is 0.624 e. The van der Waals surface area contributed by atoms with E-state index >= 15 is 0 Å². The molecule has 0 radical (unpaired) electrons. The summed E-state index contributed by atoms with van der Waals surface area (Å²) < 4.78 is 7.06. The lowest BCUT2D eigenvalue weighted by Crippen LogP contribution is -2.43. The molecular weight excluding hydrogens is 194 g/mol. The zero-order valence-electron chi connectivity index (χ0n) is 9.83. The summed E-state index contributed by atoms with van der Waals surface area (Å²) in [6, 6.07) is 0. The molecule has 0 aromatic carbocycles. The Bertz CT molecular complexity index is 243. The summed E-state index contributed by atoms with van der Waals surface area (Å²) in [5.74, 6) is 0. The third-order valence-corrected chi connectivity index (χ3v) is 7.72. The van der Waals surface area contributed by atoms with Gasteiger partial charge in [0, 0.05) is 6.42 Å². The molecule has 1 aliphatic rings.